The first-order valence-corrected chi connectivity index (χ1v) is 14.3. The third-order valence-electron chi connectivity index (χ3n) is 8.26. The zero-order chi connectivity index (χ0) is 27.0. The van der Waals surface area contributed by atoms with Crippen LogP contribution in [0, 0.1) is 11.6 Å². The van der Waals surface area contributed by atoms with Gasteiger partial charge in [-0.15, -0.1) is 0 Å². The Morgan fingerprint density at radius 1 is 0.974 bits per heavy atom. The molecule has 1 heterocycles. The van der Waals surface area contributed by atoms with Crippen LogP contribution < -0.4 is 10.9 Å². The summed E-state index contributed by atoms with van der Waals surface area (Å²) >= 11 is 0. The van der Waals surface area contributed by atoms with Gasteiger partial charge in [-0.25, -0.2) is 22.2 Å². The van der Waals surface area contributed by atoms with Crippen molar-refractivity contribution < 1.29 is 17.2 Å². The molecule has 0 amide bonds. The number of nitrogens with zero attached hydrogens (tertiary/aromatic N) is 2. The van der Waals surface area contributed by atoms with Crippen LogP contribution in [0.2, 0.25) is 0 Å². The van der Waals surface area contributed by atoms with E-state index in [4.69, 9.17) is 4.98 Å². The van der Waals surface area contributed by atoms with Crippen LogP contribution in [0.5, 0.6) is 0 Å². The summed E-state index contributed by atoms with van der Waals surface area (Å²) in [5, 5.41) is 3.37. The highest BCUT2D eigenvalue weighted by atomic mass is 32.2. The fourth-order valence-corrected chi connectivity index (χ4v) is 7.38. The molecular weight excluding hydrogens is 508 g/mol. The first-order chi connectivity index (χ1) is 17.9. The highest BCUT2D eigenvalue weighted by Crippen LogP contribution is 2.73. The molecule has 7 rings (SSSR count). The fourth-order valence-electron chi connectivity index (χ4n) is 6.53. The van der Waals surface area contributed by atoms with Gasteiger partial charge < -0.3 is 5.32 Å². The third kappa shape index (κ3) is 3.66. The van der Waals surface area contributed by atoms with Gasteiger partial charge in [-0.05, 0) is 73.6 Å². The molecule has 9 heteroatoms. The zero-order valence-corrected chi connectivity index (χ0v) is 22.1. The predicted octanol–water partition coefficient (Wildman–Crippen LogP) is 5.16. The smallest absolute Gasteiger partial charge is 0.261 e. The van der Waals surface area contributed by atoms with Crippen molar-refractivity contribution in [3.05, 3.63) is 99.6 Å². The van der Waals surface area contributed by atoms with Crippen molar-refractivity contribution >= 4 is 26.4 Å². The van der Waals surface area contributed by atoms with Crippen LogP contribution in [-0.4, -0.2) is 24.2 Å². The number of hydrogen-bond acceptors (Lipinski definition) is 5. The number of hydrogen-bond donors (Lipinski definition) is 1. The van der Waals surface area contributed by atoms with Gasteiger partial charge in [-0.1, -0.05) is 24.3 Å². The number of para-hydroxylation sites is 1. The number of fused-ring (bicyclic) bond motifs is 1. The van der Waals surface area contributed by atoms with E-state index in [-0.39, 0.29) is 32.5 Å². The molecule has 3 aliphatic carbocycles. The lowest BCUT2D eigenvalue weighted by Gasteiger charge is -2.70. The number of benzene rings is 3. The molecule has 0 spiro atoms. The number of sulfone groups is 1. The van der Waals surface area contributed by atoms with E-state index in [1.165, 1.54) is 34.9 Å². The summed E-state index contributed by atoms with van der Waals surface area (Å²) in [6.45, 7) is 1.79. The highest BCUT2D eigenvalue weighted by Gasteiger charge is 2.70. The minimum Gasteiger partial charge on any atom is -0.377 e. The highest BCUT2D eigenvalue weighted by molar-refractivity contribution is 7.90. The predicted molar refractivity (Wildman–Crippen MR) is 142 cm³/mol. The average molecular weight is 536 g/mol. The molecule has 38 heavy (non-hydrogen) atoms. The molecule has 3 saturated carbocycles. The number of anilines is 1. The normalized spacial score (nSPS) is 23.0. The van der Waals surface area contributed by atoms with Crippen LogP contribution in [0.3, 0.4) is 0 Å². The van der Waals surface area contributed by atoms with Crippen LogP contribution in [0.1, 0.15) is 49.2 Å². The Hall–Kier alpha value is -3.59. The maximum atomic E-state index is 14.7. The van der Waals surface area contributed by atoms with Gasteiger partial charge >= 0.3 is 0 Å². The van der Waals surface area contributed by atoms with Crippen molar-refractivity contribution in [2.45, 2.75) is 48.0 Å². The molecule has 6 nitrogen and oxygen atoms in total. The van der Waals surface area contributed by atoms with Crippen LogP contribution >= 0.6 is 0 Å². The summed E-state index contributed by atoms with van der Waals surface area (Å²) < 4.78 is 54.3. The summed E-state index contributed by atoms with van der Waals surface area (Å²) in [6.07, 6.45) is 3.56. The van der Waals surface area contributed by atoms with E-state index in [9.17, 15) is 22.0 Å². The maximum Gasteiger partial charge on any atom is 0.261 e. The van der Waals surface area contributed by atoms with Gasteiger partial charge in [0, 0.05) is 24.3 Å². The third-order valence-corrected chi connectivity index (χ3v) is 9.42. The van der Waals surface area contributed by atoms with Crippen molar-refractivity contribution in [3.8, 4) is 0 Å². The van der Waals surface area contributed by atoms with Gasteiger partial charge in [0.2, 0.25) is 0 Å². The molecule has 0 radical (unpaired) electrons. The van der Waals surface area contributed by atoms with Gasteiger partial charge in [0.05, 0.1) is 27.5 Å². The Bertz CT molecular complexity index is 1760. The van der Waals surface area contributed by atoms with E-state index in [0.717, 1.165) is 31.1 Å². The van der Waals surface area contributed by atoms with E-state index in [1.54, 1.807) is 32.2 Å². The largest absolute Gasteiger partial charge is 0.377 e. The molecule has 1 N–H and O–H groups in total. The summed E-state index contributed by atoms with van der Waals surface area (Å²) in [7, 11) is -1.83. The first-order valence-electron chi connectivity index (χ1n) is 12.4. The van der Waals surface area contributed by atoms with Crippen LogP contribution in [0.4, 0.5) is 14.5 Å². The van der Waals surface area contributed by atoms with E-state index in [2.05, 4.69) is 5.32 Å². The van der Waals surface area contributed by atoms with Crippen LogP contribution in [0.15, 0.2) is 70.4 Å². The second-order valence-electron chi connectivity index (χ2n) is 10.9. The molecule has 0 unspecified atom stereocenters. The average Bonchev–Trinajstić information content (AvgIpc) is 2.81. The quantitative estimate of drug-likeness (QED) is 0.369. The van der Waals surface area contributed by atoms with Crippen molar-refractivity contribution in [3.63, 3.8) is 0 Å². The molecular formula is C29H27F2N3O3S. The fraction of sp³-hybridized carbons (Fsp3) is 0.310. The molecule has 0 aliphatic heterocycles. The standard InChI is InChI=1S/C29H27F2N3O3S/c1-17(32-23-6-4-5-7-24(23)38(3,36)37)21-12-20(31)13-22-25(21)33-27(34(2)26(22)35)29-14-28(15-29,16-29)18-8-10-19(30)11-9-18/h4-13,17,32H,14-16H2,1-3H3/t17-,28?,29?/m0/s1. The molecule has 196 valence electrons. The molecule has 2 bridgehead atoms. The summed E-state index contributed by atoms with van der Waals surface area (Å²) in [5.41, 5.74) is 1.75. The zero-order valence-electron chi connectivity index (χ0n) is 21.3. The molecule has 3 aromatic carbocycles. The van der Waals surface area contributed by atoms with Crippen molar-refractivity contribution in [1.29, 1.82) is 0 Å². The topological polar surface area (TPSA) is 81.1 Å². The lowest BCUT2D eigenvalue weighted by molar-refractivity contribution is -0.0777. The Labute approximate surface area is 219 Å². The summed E-state index contributed by atoms with van der Waals surface area (Å²) in [4.78, 5) is 18.5. The second-order valence-corrected chi connectivity index (χ2v) is 12.9. The maximum absolute atomic E-state index is 14.7. The number of halogens is 2. The Balaban J connectivity index is 1.40. The monoisotopic (exact) mass is 535 g/mol. The van der Waals surface area contributed by atoms with Gasteiger partial charge in [0.1, 0.15) is 17.5 Å². The molecule has 1 aromatic heterocycles. The van der Waals surface area contributed by atoms with Crippen molar-refractivity contribution in [2.75, 3.05) is 11.6 Å². The minimum absolute atomic E-state index is 0.0315. The van der Waals surface area contributed by atoms with Gasteiger partial charge in [0.25, 0.3) is 5.56 Å². The number of rotatable bonds is 6. The van der Waals surface area contributed by atoms with Crippen molar-refractivity contribution in [2.24, 2.45) is 7.05 Å². The molecule has 4 aromatic rings. The number of nitrogens with one attached hydrogen (secondary N) is 1. The first kappa shape index (κ1) is 24.7. The van der Waals surface area contributed by atoms with Crippen LogP contribution in [0.25, 0.3) is 10.9 Å². The van der Waals surface area contributed by atoms with E-state index < -0.39 is 21.7 Å². The van der Waals surface area contributed by atoms with Gasteiger partial charge in [-0.3, -0.25) is 9.36 Å². The van der Waals surface area contributed by atoms with E-state index >= 15 is 0 Å². The lowest BCUT2D eigenvalue weighted by atomic mass is 9.33. The number of aromatic nitrogens is 2. The van der Waals surface area contributed by atoms with Gasteiger partial charge in [-0.2, -0.15) is 0 Å². The molecule has 3 aliphatic rings. The Morgan fingerprint density at radius 2 is 1.63 bits per heavy atom. The van der Waals surface area contributed by atoms with Crippen molar-refractivity contribution in [1.82, 2.24) is 9.55 Å². The molecule has 1 atom stereocenters. The summed E-state index contributed by atoms with van der Waals surface area (Å²) in [5.74, 6) is -0.170. The van der Waals surface area contributed by atoms with E-state index in [1.807, 2.05) is 12.1 Å². The van der Waals surface area contributed by atoms with Crippen LogP contribution in [-0.2, 0) is 27.7 Å². The molecule has 3 fully saturated rings. The lowest BCUT2D eigenvalue weighted by Crippen LogP contribution is -2.68. The Morgan fingerprint density at radius 3 is 2.29 bits per heavy atom. The second kappa shape index (κ2) is 8.20. The Kier molecular flexibility index (Phi) is 5.34. The SMILES string of the molecule is C[C@H](Nc1ccccc1S(C)(=O)=O)c1cc(F)cc2c(=O)n(C)c(C34CC(c5ccc(F)cc5)(C3)C4)nc12. The van der Waals surface area contributed by atoms with E-state index in [0.29, 0.717) is 22.6 Å². The molecule has 0 saturated heterocycles. The minimum atomic E-state index is -3.50. The van der Waals surface area contributed by atoms with Gasteiger partial charge in [0.15, 0.2) is 9.84 Å². The summed E-state index contributed by atoms with van der Waals surface area (Å²) in [6, 6.07) is 15.2.